The van der Waals surface area contributed by atoms with Gasteiger partial charge in [-0.15, -0.1) is 0 Å². The van der Waals surface area contributed by atoms with Crippen molar-refractivity contribution in [3.05, 3.63) is 29.8 Å². The molecule has 1 aromatic rings. The Kier molecular flexibility index (Phi) is 5.33. The fourth-order valence-corrected chi connectivity index (χ4v) is 2.50. The molecule has 114 valence electrons. The lowest BCUT2D eigenvalue weighted by molar-refractivity contribution is -0.126. The van der Waals surface area contributed by atoms with Crippen molar-refractivity contribution < 1.29 is 9.59 Å². The van der Waals surface area contributed by atoms with Crippen LogP contribution in [0.5, 0.6) is 0 Å². The molecule has 1 saturated heterocycles. The molecule has 1 unspecified atom stereocenters. The number of nitrogens with zero attached hydrogens (tertiary/aromatic N) is 1. The SMILES string of the molecule is CCc1ccc(N2CC(C(=O)NCCCN)CC2=O)cc1. The molecule has 1 aliphatic rings. The maximum atomic E-state index is 12.1. The Morgan fingerprint density at radius 3 is 2.71 bits per heavy atom. The van der Waals surface area contributed by atoms with Crippen molar-refractivity contribution in [3.63, 3.8) is 0 Å². The molecule has 0 aromatic heterocycles. The Labute approximate surface area is 125 Å². The molecule has 0 spiro atoms. The quantitative estimate of drug-likeness (QED) is 0.769. The first-order valence-electron chi connectivity index (χ1n) is 7.52. The molecule has 21 heavy (non-hydrogen) atoms. The zero-order valence-electron chi connectivity index (χ0n) is 12.5. The van der Waals surface area contributed by atoms with Gasteiger partial charge in [0.1, 0.15) is 0 Å². The summed E-state index contributed by atoms with van der Waals surface area (Å²) in [6.45, 7) is 3.68. The van der Waals surface area contributed by atoms with Crippen LogP contribution in [0, 0.1) is 5.92 Å². The van der Waals surface area contributed by atoms with E-state index in [9.17, 15) is 9.59 Å². The zero-order chi connectivity index (χ0) is 15.2. The fraction of sp³-hybridized carbons (Fsp3) is 0.500. The predicted molar refractivity (Wildman–Crippen MR) is 83.0 cm³/mol. The van der Waals surface area contributed by atoms with E-state index in [2.05, 4.69) is 12.2 Å². The van der Waals surface area contributed by atoms with E-state index in [0.717, 1.165) is 18.5 Å². The van der Waals surface area contributed by atoms with E-state index in [-0.39, 0.29) is 24.2 Å². The molecule has 2 rings (SSSR count). The van der Waals surface area contributed by atoms with Gasteiger partial charge >= 0.3 is 0 Å². The Hall–Kier alpha value is -1.88. The molecule has 5 heteroatoms. The first kappa shape index (κ1) is 15.5. The van der Waals surface area contributed by atoms with E-state index >= 15 is 0 Å². The van der Waals surface area contributed by atoms with Crippen molar-refractivity contribution in [2.75, 3.05) is 24.5 Å². The monoisotopic (exact) mass is 289 g/mol. The number of hydrogen-bond donors (Lipinski definition) is 2. The van der Waals surface area contributed by atoms with Crippen molar-refractivity contribution in [1.29, 1.82) is 0 Å². The number of amides is 2. The smallest absolute Gasteiger partial charge is 0.227 e. The molecule has 0 saturated carbocycles. The molecule has 1 fully saturated rings. The highest BCUT2D eigenvalue weighted by atomic mass is 16.2. The molecule has 0 bridgehead atoms. The Morgan fingerprint density at radius 1 is 1.38 bits per heavy atom. The number of anilines is 1. The van der Waals surface area contributed by atoms with E-state index in [1.807, 2.05) is 24.3 Å². The zero-order valence-corrected chi connectivity index (χ0v) is 12.5. The van der Waals surface area contributed by atoms with Gasteiger partial charge in [-0.25, -0.2) is 0 Å². The Morgan fingerprint density at radius 2 is 2.10 bits per heavy atom. The highest BCUT2D eigenvalue weighted by Gasteiger charge is 2.34. The van der Waals surface area contributed by atoms with Crippen molar-refractivity contribution in [1.82, 2.24) is 5.32 Å². The standard InChI is InChI=1S/C16H23N3O2/c1-2-12-4-6-14(7-5-12)19-11-13(10-15(19)20)16(21)18-9-3-8-17/h4-7,13H,2-3,8-11,17H2,1H3,(H,18,21). The molecular weight excluding hydrogens is 266 g/mol. The van der Waals surface area contributed by atoms with Crippen LogP contribution < -0.4 is 16.0 Å². The molecule has 1 atom stereocenters. The fourth-order valence-electron chi connectivity index (χ4n) is 2.50. The van der Waals surface area contributed by atoms with Crippen LogP contribution in [0.25, 0.3) is 0 Å². The van der Waals surface area contributed by atoms with E-state index in [4.69, 9.17) is 5.73 Å². The average Bonchev–Trinajstić information content (AvgIpc) is 2.89. The van der Waals surface area contributed by atoms with Crippen LogP contribution in [0.15, 0.2) is 24.3 Å². The summed E-state index contributed by atoms with van der Waals surface area (Å²) in [6.07, 6.45) is 2.01. The third-order valence-electron chi connectivity index (χ3n) is 3.83. The average molecular weight is 289 g/mol. The van der Waals surface area contributed by atoms with Crippen molar-refractivity contribution in [2.45, 2.75) is 26.2 Å². The van der Waals surface area contributed by atoms with Gasteiger partial charge in [0.25, 0.3) is 0 Å². The Balaban J connectivity index is 1.96. The minimum Gasteiger partial charge on any atom is -0.356 e. The van der Waals surface area contributed by atoms with Crippen LogP contribution in [0.3, 0.4) is 0 Å². The molecule has 1 aliphatic heterocycles. The van der Waals surface area contributed by atoms with Gasteiger partial charge in [-0.3, -0.25) is 9.59 Å². The molecular formula is C16H23N3O2. The van der Waals surface area contributed by atoms with Gasteiger partial charge in [-0.05, 0) is 37.1 Å². The molecule has 5 nitrogen and oxygen atoms in total. The van der Waals surface area contributed by atoms with Crippen LogP contribution >= 0.6 is 0 Å². The molecule has 1 heterocycles. The topological polar surface area (TPSA) is 75.4 Å². The van der Waals surface area contributed by atoms with Crippen LogP contribution in [-0.2, 0) is 16.0 Å². The second-order valence-corrected chi connectivity index (χ2v) is 5.36. The molecule has 0 aliphatic carbocycles. The van der Waals surface area contributed by atoms with E-state index in [0.29, 0.717) is 19.6 Å². The van der Waals surface area contributed by atoms with Gasteiger partial charge in [-0.2, -0.15) is 0 Å². The summed E-state index contributed by atoms with van der Waals surface area (Å²) in [4.78, 5) is 25.8. The summed E-state index contributed by atoms with van der Waals surface area (Å²) in [7, 11) is 0. The lowest BCUT2D eigenvalue weighted by atomic mass is 10.1. The maximum Gasteiger partial charge on any atom is 0.227 e. The van der Waals surface area contributed by atoms with Gasteiger partial charge in [0.05, 0.1) is 5.92 Å². The number of nitrogens with two attached hydrogens (primary N) is 1. The number of hydrogen-bond acceptors (Lipinski definition) is 3. The first-order chi connectivity index (χ1) is 10.2. The summed E-state index contributed by atoms with van der Waals surface area (Å²) in [5, 5.41) is 2.84. The van der Waals surface area contributed by atoms with Gasteiger partial charge < -0.3 is 16.0 Å². The van der Waals surface area contributed by atoms with Crippen LogP contribution in [0.2, 0.25) is 0 Å². The summed E-state index contributed by atoms with van der Waals surface area (Å²) in [5.41, 5.74) is 7.51. The summed E-state index contributed by atoms with van der Waals surface area (Å²) >= 11 is 0. The van der Waals surface area contributed by atoms with E-state index in [1.54, 1.807) is 4.90 Å². The number of nitrogens with one attached hydrogen (secondary N) is 1. The minimum absolute atomic E-state index is 0.0122. The van der Waals surface area contributed by atoms with Gasteiger partial charge in [0.15, 0.2) is 0 Å². The minimum atomic E-state index is -0.263. The van der Waals surface area contributed by atoms with E-state index < -0.39 is 0 Å². The van der Waals surface area contributed by atoms with Gasteiger partial charge in [0.2, 0.25) is 11.8 Å². The second-order valence-electron chi connectivity index (χ2n) is 5.36. The Bertz CT molecular complexity index is 499. The van der Waals surface area contributed by atoms with Crippen LogP contribution in [0.1, 0.15) is 25.3 Å². The third-order valence-corrected chi connectivity index (χ3v) is 3.83. The second kappa shape index (κ2) is 7.22. The highest BCUT2D eigenvalue weighted by molar-refractivity contribution is 6.00. The number of aryl methyl sites for hydroxylation is 1. The van der Waals surface area contributed by atoms with Crippen LogP contribution in [0.4, 0.5) is 5.69 Å². The summed E-state index contributed by atoms with van der Waals surface area (Å²) in [5.74, 6) is -0.302. The number of carbonyl (C=O) groups is 2. The summed E-state index contributed by atoms with van der Waals surface area (Å²) < 4.78 is 0. The molecule has 3 N–H and O–H groups in total. The highest BCUT2D eigenvalue weighted by Crippen LogP contribution is 2.25. The van der Waals surface area contributed by atoms with Gasteiger partial charge in [-0.1, -0.05) is 19.1 Å². The maximum absolute atomic E-state index is 12.1. The lowest BCUT2D eigenvalue weighted by Crippen LogP contribution is -2.34. The van der Waals surface area contributed by atoms with Gasteiger partial charge in [0, 0.05) is 25.2 Å². The summed E-state index contributed by atoms with van der Waals surface area (Å²) in [6, 6.07) is 7.95. The van der Waals surface area contributed by atoms with Crippen molar-refractivity contribution in [3.8, 4) is 0 Å². The number of benzene rings is 1. The number of rotatable bonds is 6. The first-order valence-corrected chi connectivity index (χ1v) is 7.52. The lowest BCUT2D eigenvalue weighted by Gasteiger charge is -2.17. The molecule has 0 radical (unpaired) electrons. The third kappa shape index (κ3) is 3.82. The van der Waals surface area contributed by atoms with Crippen LogP contribution in [-0.4, -0.2) is 31.4 Å². The van der Waals surface area contributed by atoms with Crippen molar-refractivity contribution >= 4 is 17.5 Å². The van der Waals surface area contributed by atoms with E-state index in [1.165, 1.54) is 5.56 Å². The molecule has 2 amide bonds. The normalized spacial score (nSPS) is 18.1. The molecule has 1 aromatic carbocycles. The largest absolute Gasteiger partial charge is 0.356 e. The predicted octanol–water partition coefficient (Wildman–Crippen LogP) is 1.07. The van der Waals surface area contributed by atoms with Crippen molar-refractivity contribution in [2.24, 2.45) is 11.7 Å². The number of carbonyl (C=O) groups excluding carboxylic acids is 2.